The van der Waals surface area contributed by atoms with Crippen molar-refractivity contribution in [1.29, 1.82) is 0 Å². The maximum absolute atomic E-state index is 13.7. The minimum absolute atomic E-state index is 0.0782. The van der Waals surface area contributed by atoms with Gasteiger partial charge in [-0.1, -0.05) is 13.3 Å². The minimum atomic E-state index is -0.906. The van der Waals surface area contributed by atoms with Crippen molar-refractivity contribution in [2.75, 3.05) is 6.61 Å². The van der Waals surface area contributed by atoms with Crippen molar-refractivity contribution < 1.29 is 23.1 Å². The molecule has 27 heavy (non-hydrogen) atoms. The first-order chi connectivity index (χ1) is 12.7. The summed E-state index contributed by atoms with van der Waals surface area (Å²) < 4.78 is 33.4. The van der Waals surface area contributed by atoms with E-state index in [1.807, 2.05) is 13.8 Å². The summed E-state index contributed by atoms with van der Waals surface area (Å²) in [5.74, 6) is -2.22. The van der Waals surface area contributed by atoms with Gasteiger partial charge < -0.3 is 10.1 Å². The van der Waals surface area contributed by atoms with Gasteiger partial charge in [0.15, 0.2) is 0 Å². The molecule has 1 N–H and O–H groups in total. The predicted molar refractivity (Wildman–Crippen MR) is 95.9 cm³/mol. The molecule has 5 nitrogen and oxygen atoms in total. The molecular formula is C20H26F2N2O3. The van der Waals surface area contributed by atoms with Crippen LogP contribution in [-0.4, -0.2) is 41.1 Å². The van der Waals surface area contributed by atoms with Gasteiger partial charge >= 0.3 is 0 Å². The number of carbonyl (C=O) groups excluding carboxylic acids is 2. The summed E-state index contributed by atoms with van der Waals surface area (Å²) in [4.78, 5) is 27.4. The van der Waals surface area contributed by atoms with Crippen LogP contribution < -0.4 is 5.32 Å². The van der Waals surface area contributed by atoms with Crippen molar-refractivity contribution in [3.8, 4) is 0 Å². The molecule has 1 heterocycles. The Bertz CT molecular complexity index is 720. The standard InChI is InChI=1S/C20H26F2N2O3/c1-12(2)23-18(25)17-11-27-20(6-4-5-13(3)10-20)24(17)19(26)14-7-15(21)9-16(22)8-14/h7-9,12-13,17H,4-6,10-11H2,1-3H3,(H,23,25)/t13-,17+,20-/m1/s1. The zero-order valence-electron chi connectivity index (χ0n) is 15.9. The number of nitrogens with zero attached hydrogens (tertiary/aromatic N) is 1. The molecule has 1 aromatic carbocycles. The van der Waals surface area contributed by atoms with E-state index < -0.39 is 29.3 Å². The topological polar surface area (TPSA) is 58.6 Å². The first-order valence-corrected chi connectivity index (χ1v) is 9.46. The van der Waals surface area contributed by atoms with E-state index in [0.717, 1.165) is 31.0 Å². The molecule has 1 saturated heterocycles. The van der Waals surface area contributed by atoms with Gasteiger partial charge in [0.2, 0.25) is 5.91 Å². The molecule has 3 rings (SSSR count). The van der Waals surface area contributed by atoms with Crippen LogP contribution in [0.25, 0.3) is 0 Å². The van der Waals surface area contributed by atoms with Crippen LogP contribution in [0.4, 0.5) is 8.78 Å². The van der Waals surface area contributed by atoms with Crippen molar-refractivity contribution in [2.24, 2.45) is 5.92 Å². The normalized spacial score (nSPS) is 28.0. The van der Waals surface area contributed by atoms with Crippen LogP contribution in [0.3, 0.4) is 0 Å². The van der Waals surface area contributed by atoms with Crippen molar-refractivity contribution in [3.63, 3.8) is 0 Å². The first-order valence-electron chi connectivity index (χ1n) is 9.46. The quantitative estimate of drug-likeness (QED) is 0.876. The summed E-state index contributed by atoms with van der Waals surface area (Å²) in [7, 11) is 0. The lowest BCUT2D eigenvalue weighted by molar-refractivity contribution is -0.128. The highest BCUT2D eigenvalue weighted by atomic mass is 19.1. The molecule has 1 saturated carbocycles. The van der Waals surface area contributed by atoms with E-state index in [4.69, 9.17) is 4.74 Å². The molecule has 1 aromatic rings. The summed E-state index contributed by atoms with van der Waals surface area (Å²) in [6.45, 7) is 5.83. The lowest BCUT2D eigenvalue weighted by Gasteiger charge is -2.43. The van der Waals surface area contributed by atoms with Crippen LogP contribution in [0, 0.1) is 17.6 Å². The molecule has 0 bridgehead atoms. The van der Waals surface area contributed by atoms with Crippen LogP contribution in [0.1, 0.15) is 56.8 Å². The maximum Gasteiger partial charge on any atom is 0.257 e. The molecule has 1 aliphatic carbocycles. The molecule has 0 unspecified atom stereocenters. The van der Waals surface area contributed by atoms with Gasteiger partial charge in [0.25, 0.3) is 5.91 Å². The third-order valence-corrected chi connectivity index (χ3v) is 5.25. The summed E-state index contributed by atoms with van der Waals surface area (Å²) >= 11 is 0. The van der Waals surface area contributed by atoms with Gasteiger partial charge in [-0.3, -0.25) is 14.5 Å². The first kappa shape index (κ1) is 19.7. The molecule has 1 aliphatic heterocycles. The Morgan fingerprint density at radius 3 is 2.52 bits per heavy atom. The third-order valence-electron chi connectivity index (χ3n) is 5.25. The van der Waals surface area contributed by atoms with Crippen LogP contribution in [0.15, 0.2) is 18.2 Å². The second kappa shape index (κ2) is 7.54. The van der Waals surface area contributed by atoms with Gasteiger partial charge in [-0.15, -0.1) is 0 Å². The summed E-state index contributed by atoms with van der Waals surface area (Å²) in [5.41, 5.74) is -1.02. The smallest absolute Gasteiger partial charge is 0.257 e. The minimum Gasteiger partial charge on any atom is -0.353 e. The zero-order valence-corrected chi connectivity index (χ0v) is 15.9. The summed E-state index contributed by atoms with van der Waals surface area (Å²) in [5, 5.41) is 2.82. The Morgan fingerprint density at radius 1 is 1.26 bits per heavy atom. The van der Waals surface area contributed by atoms with Gasteiger partial charge in [0, 0.05) is 17.7 Å². The number of amides is 2. The van der Waals surface area contributed by atoms with Crippen molar-refractivity contribution in [2.45, 2.75) is 64.3 Å². The Labute approximate surface area is 158 Å². The maximum atomic E-state index is 13.7. The molecule has 0 aromatic heterocycles. The average molecular weight is 380 g/mol. The summed E-state index contributed by atoms with van der Waals surface area (Å²) in [6.07, 6.45) is 3.08. The third kappa shape index (κ3) is 3.98. The van der Waals surface area contributed by atoms with Gasteiger partial charge in [0.05, 0.1) is 6.61 Å². The highest BCUT2D eigenvalue weighted by Gasteiger charge is 2.54. The van der Waals surface area contributed by atoms with E-state index >= 15 is 0 Å². The van der Waals surface area contributed by atoms with Gasteiger partial charge in [0.1, 0.15) is 23.4 Å². The second-order valence-electron chi connectivity index (χ2n) is 7.97. The fraction of sp³-hybridized carbons (Fsp3) is 0.600. The predicted octanol–water partition coefficient (Wildman–Crippen LogP) is 3.24. The molecule has 3 atom stereocenters. The molecule has 2 aliphatic rings. The fourth-order valence-corrected chi connectivity index (χ4v) is 4.20. The SMILES string of the molecule is CC(C)NC(=O)[C@@H]1CO[C@@]2(CCC[C@@H](C)C2)N1C(=O)c1cc(F)cc(F)c1. The lowest BCUT2D eigenvalue weighted by atomic mass is 9.83. The van der Waals surface area contributed by atoms with Gasteiger partial charge in [-0.25, -0.2) is 8.78 Å². The number of rotatable bonds is 3. The van der Waals surface area contributed by atoms with Crippen LogP contribution >= 0.6 is 0 Å². The number of ether oxygens (including phenoxy) is 1. The van der Waals surface area contributed by atoms with E-state index in [-0.39, 0.29) is 24.1 Å². The van der Waals surface area contributed by atoms with Gasteiger partial charge in [-0.05, 0) is 51.2 Å². The second-order valence-corrected chi connectivity index (χ2v) is 7.97. The van der Waals surface area contributed by atoms with Crippen LogP contribution in [0.2, 0.25) is 0 Å². The Balaban J connectivity index is 1.99. The Morgan fingerprint density at radius 2 is 1.93 bits per heavy atom. The fourth-order valence-electron chi connectivity index (χ4n) is 4.20. The number of carbonyl (C=O) groups is 2. The number of halogens is 2. The van der Waals surface area contributed by atoms with Crippen molar-refractivity contribution in [3.05, 3.63) is 35.4 Å². The highest BCUT2D eigenvalue weighted by Crippen LogP contribution is 2.43. The summed E-state index contributed by atoms with van der Waals surface area (Å²) in [6, 6.07) is 1.81. The van der Waals surface area contributed by atoms with Crippen LogP contribution in [0.5, 0.6) is 0 Å². The van der Waals surface area contributed by atoms with Crippen molar-refractivity contribution in [1.82, 2.24) is 10.2 Å². The van der Waals surface area contributed by atoms with E-state index in [1.165, 1.54) is 4.90 Å². The van der Waals surface area contributed by atoms with E-state index in [1.54, 1.807) is 0 Å². The highest BCUT2D eigenvalue weighted by molar-refractivity contribution is 5.98. The molecule has 148 valence electrons. The number of benzene rings is 1. The molecule has 2 amide bonds. The van der Waals surface area contributed by atoms with E-state index in [2.05, 4.69) is 12.2 Å². The average Bonchev–Trinajstić information content (AvgIpc) is 2.91. The number of hydrogen-bond donors (Lipinski definition) is 1. The molecule has 7 heteroatoms. The van der Waals surface area contributed by atoms with E-state index in [0.29, 0.717) is 18.8 Å². The Hall–Kier alpha value is -2.02. The van der Waals surface area contributed by atoms with E-state index in [9.17, 15) is 18.4 Å². The number of hydrogen-bond acceptors (Lipinski definition) is 3. The Kier molecular flexibility index (Phi) is 5.51. The molecule has 0 radical (unpaired) electrons. The molecule has 2 fully saturated rings. The van der Waals surface area contributed by atoms with Crippen LogP contribution in [-0.2, 0) is 9.53 Å². The number of nitrogens with one attached hydrogen (secondary N) is 1. The van der Waals surface area contributed by atoms with Gasteiger partial charge in [-0.2, -0.15) is 0 Å². The molecule has 1 spiro atoms. The largest absolute Gasteiger partial charge is 0.353 e. The lowest BCUT2D eigenvalue weighted by Crippen LogP contribution is -2.57. The molecular weight excluding hydrogens is 354 g/mol. The van der Waals surface area contributed by atoms with Crippen molar-refractivity contribution >= 4 is 11.8 Å². The monoisotopic (exact) mass is 380 g/mol. The zero-order chi connectivity index (χ0) is 19.8.